The number of nitrogens with zero attached hydrogens (tertiary/aromatic N) is 3. The second-order valence-corrected chi connectivity index (χ2v) is 10.3. The van der Waals surface area contributed by atoms with E-state index in [4.69, 9.17) is 0 Å². The molecule has 182 valence electrons. The molecule has 0 saturated carbocycles. The summed E-state index contributed by atoms with van der Waals surface area (Å²) < 4.78 is 29.1. The van der Waals surface area contributed by atoms with Crippen molar-refractivity contribution in [1.29, 1.82) is 0 Å². The Bertz CT molecular complexity index is 1420. The molecule has 0 atom stereocenters. The van der Waals surface area contributed by atoms with Crippen LogP contribution in [0.3, 0.4) is 0 Å². The lowest BCUT2D eigenvalue weighted by atomic mass is 10.1. The van der Waals surface area contributed by atoms with Crippen LogP contribution in [-0.2, 0) is 28.3 Å². The topological polar surface area (TPSA) is 84.3 Å². The molecule has 0 saturated heterocycles. The number of nitrogens with one attached hydrogen (secondary N) is 1. The van der Waals surface area contributed by atoms with E-state index in [9.17, 15) is 13.2 Å². The highest BCUT2D eigenvalue weighted by molar-refractivity contribution is 7.89. The summed E-state index contributed by atoms with van der Waals surface area (Å²) in [7, 11) is -1.68. The van der Waals surface area contributed by atoms with Crippen molar-refractivity contribution in [3.63, 3.8) is 0 Å². The summed E-state index contributed by atoms with van der Waals surface area (Å²) in [6.07, 6.45) is 0.708. The molecule has 4 aromatic rings. The minimum atomic E-state index is -3.56. The number of aryl methyl sites for hydroxylation is 2. The quantitative estimate of drug-likeness (QED) is 0.364. The Kier molecular flexibility index (Phi) is 7.33. The van der Waals surface area contributed by atoms with Crippen LogP contribution in [-0.4, -0.2) is 41.3 Å². The highest BCUT2D eigenvalue weighted by Gasteiger charge is 2.22. The summed E-state index contributed by atoms with van der Waals surface area (Å²) in [4.78, 5) is 17.4. The number of anilines is 1. The maximum absolute atomic E-state index is 12.9. The van der Waals surface area contributed by atoms with Crippen LogP contribution in [0.2, 0.25) is 0 Å². The van der Waals surface area contributed by atoms with Crippen LogP contribution < -0.4 is 5.32 Å². The van der Waals surface area contributed by atoms with Crippen LogP contribution in [0.15, 0.2) is 77.7 Å². The lowest BCUT2D eigenvalue weighted by Crippen LogP contribution is -2.30. The number of imidazole rings is 1. The molecule has 1 heterocycles. The van der Waals surface area contributed by atoms with E-state index in [0.29, 0.717) is 25.0 Å². The molecule has 0 aliphatic heterocycles. The van der Waals surface area contributed by atoms with Crippen LogP contribution in [0.4, 0.5) is 5.69 Å². The molecule has 0 fully saturated rings. The predicted molar refractivity (Wildman–Crippen MR) is 140 cm³/mol. The molecule has 1 amide bonds. The molecule has 3 aromatic carbocycles. The maximum atomic E-state index is 12.9. The number of benzene rings is 3. The van der Waals surface area contributed by atoms with Crippen molar-refractivity contribution in [2.45, 2.75) is 31.6 Å². The van der Waals surface area contributed by atoms with Crippen molar-refractivity contribution in [3.8, 4) is 11.1 Å². The second-order valence-electron chi connectivity index (χ2n) is 8.32. The van der Waals surface area contributed by atoms with Gasteiger partial charge in [0.25, 0.3) is 0 Å². The van der Waals surface area contributed by atoms with E-state index in [-0.39, 0.29) is 17.2 Å². The molecule has 4 rings (SSSR count). The molecule has 0 bridgehead atoms. The maximum Gasteiger partial charge on any atom is 0.243 e. The predicted octanol–water partition coefficient (Wildman–Crippen LogP) is 4.84. The SMILES string of the molecule is CCN(CC)S(=O)(=O)c1ccc2c(c1)nc(CCC(=O)Nc1ccc(-c3ccccc3)cc1)n2C. The van der Waals surface area contributed by atoms with E-state index in [1.165, 1.54) is 4.31 Å². The Hall–Kier alpha value is -3.49. The zero-order chi connectivity index (χ0) is 25.0. The van der Waals surface area contributed by atoms with Gasteiger partial charge in [0.15, 0.2) is 0 Å². The van der Waals surface area contributed by atoms with Gasteiger partial charge < -0.3 is 9.88 Å². The van der Waals surface area contributed by atoms with Gasteiger partial charge in [-0.15, -0.1) is 0 Å². The number of hydrogen-bond acceptors (Lipinski definition) is 4. The van der Waals surface area contributed by atoms with Gasteiger partial charge in [-0.05, 0) is 41.5 Å². The zero-order valence-electron chi connectivity index (χ0n) is 20.2. The van der Waals surface area contributed by atoms with Gasteiger partial charge in [-0.2, -0.15) is 4.31 Å². The highest BCUT2D eigenvalue weighted by atomic mass is 32.2. The van der Waals surface area contributed by atoms with Gasteiger partial charge in [0.1, 0.15) is 5.82 Å². The molecule has 0 aliphatic rings. The number of hydrogen-bond donors (Lipinski definition) is 1. The molecule has 8 heteroatoms. The van der Waals surface area contributed by atoms with Crippen molar-refractivity contribution >= 4 is 32.7 Å². The minimum Gasteiger partial charge on any atom is -0.331 e. The fraction of sp³-hybridized carbons (Fsp3) is 0.259. The average molecular weight is 491 g/mol. The van der Waals surface area contributed by atoms with Gasteiger partial charge in [-0.25, -0.2) is 13.4 Å². The summed E-state index contributed by atoms with van der Waals surface area (Å²) in [6, 6.07) is 22.8. The third-order valence-corrected chi connectivity index (χ3v) is 8.19. The van der Waals surface area contributed by atoms with E-state index >= 15 is 0 Å². The van der Waals surface area contributed by atoms with Crippen LogP contribution in [0.25, 0.3) is 22.2 Å². The summed E-state index contributed by atoms with van der Waals surface area (Å²) in [6.45, 7) is 4.46. The number of fused-ring (bicyclic) bond motifs is 1. The van der Waals surface area contributed by atoms with Gasteiger partial charge in [-0.1, -0.05) is 56.3 Å². The fourth-order valence-electron chi connectivity index (χ4n) is 4.15. The zero-order valence-corrected chi connectivity index (χ0v) is 21.0. The Morgan fingerprint density at radius 3 is 2.26 bits per heavy atom. The fourth-order valence-corrected chi connectivity index (χ4v) is 5.63. The van der Waals surface area contributed by atoms with Crippen molar-refractivity contribution < 1.29 is 13.2 Å². The molecule has 1 aromatic heterocycles. The van der Waals surface area contributed by atoms with Crippen molar-refractivity contribution in [2.24, 2.45) is 7.05 Å². The smallest absolute Gasteiger partial charge is 0.243 e. The molecule has 35 heavy (non-hydrogen) atoms. The lowest BCUT2D eigenvalue weighted by Gasteiger charge is -2.18. The molecule has 0 unspecified atom stereocenters. The first kappa shape index (κ1) is 24.6. The molecule has 0 spiro atoms. The van der Waals surface area contributed by atoms with Crippen LogP contribution in [0, 0.1) is 0 Å². The van der Waals surface area contributed by atoms with E-state index < -0.39 is 10.0 Å². The minimum absolute atomic E-state index is 0.102. The third kappa shape index (κ3) is 5.28. The first-order chi connectivity index (χ1) is 16.8. The summed E-state index contributed by atoms with van der Waals surface area (Å²) in [5, 5.41) is 2.94. The van der Waals surface area contributed by atoms with Crippen LogP contribution >= 0.6 is 0 Å². The largest absolute Gasteiger partial charge is 0.331 e. The second kappa shape index (κ2) is 10.4. The van der Waals surface area contributed by atoms with Gasteiger partial charge in [-0.3, -0.25) is 4.79 Å². The van der Waals surface area contributed by atoms with Gasteiger partial charge in [0.05, 0.1) is 15.9 Å². The first-order valence-corrected chi connectivity index (χ1v) is 13.2. The van der Waals surface area contributed by atoms with Gasteiger partial charge in [0.2, 0.25) is 15.9 Å². The molecule has 7 nitrogen and oxygen atoms in total. The molecule has 0 radical (unpaired) electrons. The summed E-state index contributed by atoms with van der Waals surface area (Å²) in [5.41, 5.74) is 4.39. The number of rotatable bonds is 9. The summed E-state index contributed by atoms with van der Waals surface area (Å²) in [5.74, 6) is 0.626. The number of sulfonamides is 1. The van der Waals surface area contributed by atoms with Crippen LogP contribution in [0.1, 0.15) is 26.1 Å². The Morgan fingerprint density at radius 1 is 0.943 bits per heavy atom. The Morgan fingerprint density at radius 2 is 1.60 bits per heavy atom. The van der Waals surface area contributed by atoms with Gasteiger partial charge in [0, 0.05) is 38.7 Å². The Balaban J connectivity index is 1.43. The number of aromatic nitrogens is 2. The number of carbonyl (C=O) groups excluding carboxylic acids is 1. The molecular weight excluding hydrogens is 460 g/mol. The highest BCUT2D eigenvalue weighted by Crippen LogP contribution is 2.24. The van der Waals surface area contributed by atoms with Crippen LogP contribution in [0.5, 0.6) is 0 Å². The molecular formula is C27H30N4O3S. The van der Waals surface area contributed by atoms with Crippen molar-refractivity contribution in [3.05, 3.63) is 78.6 Å². The third-order valence-electron chi connectivity index (χ3n) is 6.14. The standard InChI is InChI=1S/C27H30N4O3S/c1-4-31(5-2)35(33,34)23-15-16-25-24(19-23)29-26(30(25)3)17-18-27(32)28-22-13-11-21(12-14-22)20-9-7-6-8-10-20/h6-16,19H,4-5,17-18H2,1-3H3,(H,28,32). The van der Waals surface area contributed by atoms with E-state index in [2.05, 4.69) is 10.3 Å². The lowest BCUT2D eigenvalue weighted by molar-refractivity contribution is -0.116. The van der Waals surface area contributed by atoms with Crippen molar-refractivity contribution in [1.82, 2.24) is 13.9 Å². The van der Waals surface area contributed by atoms with E-state index in [1.807, 2.05) is 80.1 Å². The monoisotopic (exact) mass is 490 g/mol. The number of carbonyl (C=O) groups is 1. The Labute approximate surface area is 206 Å². The average Bonchev–Trinajstić information content (AvgIpc) is 3.19. The van der Waals surface area contributed by atoms with E-state index in [1.54, 1.807) is 18.2 Å². The number of amides is 1. The molecule has 0 aliphatic carbocycles. The van der Waals surface area contributed by atoms with E-state index in [0.717, 1.165) is 28.2 Å². The summed E-state index contributed by atoms with van der Waals surface area (Å²) >= 11 is 0. The van der Waals surface area contributed by atoms with Crippen molar-refractivity contribution in [2.75, 3.05) is 18.4 Å². The first-order valence-electron chi connectivity index (χ1n) is 11.7. The molecule has 1 N–H and O–H groups in total. The normalized spacial score (nSPS) is 11.8. The van der Waals surface area contributed by atoms with Gasteiger partial charge >= 0.3 is 0 Å².